The number of aryl methyl sites for hydroxylation is 2. The third-order valence-electron chi connectivity index (χ3n) is 3.71. The van der Waals surface area contributed by atoms with Gasteiger partial charge in [-0.2, -0.15) is 4.98 Å². The number of hydrogen-bond donors (Lipinski definition) is 2. The van der Waals surface area contributed by atoms with E-state index in [4.69, 9.17) is 14.4 Å². The minimum absolute atomic E-state index is 0.0132. The van der Waals surface area contributed by atoms with Gasteiger partial charge in [0.1, 0.15) is 11.9 Å². The van der Waals surface area contributed by atoms with Crippen LogP contribution < -0.4 is 5.32 Å². The van der Waals surface area contributed by atoms with Gasteiger partial charge in [-0.05, 0) is 18.6 Å². The second kappa shape index (κ2) is 9.04. The van der Waals surface area contributed by atoms with E-state index in [1.807, 2.05) is 0 Å². The Morgan fingerprint density at radius 2 is 2.19 bits per heavy atom. The lowest BCUT2D eigenvalue weighted by Crippen LogP contribution is -2.41. The van der Waals surface area contributed by atoms with Gasteiger partial charge in [0.05, 0.1) is 0 Å². The molecule has 0 bridgehead atoms. The molecule has 1 heterocycles. The first kappa shape index (κ1) is 19.5. The number of carboxylic acid groups (broad SMARTS) is 1. The standard InChI is InChI=1S/C17H20FN3O5/c1-10-3-4-11(9-12(10)18)16-20-15(26-21-16)6-5-14(22)19-13(17(23)24)7-8-25-2/h3-4,9,13H,5-8H2,1-2H3,(H,19,22)(H,23,24). The van der Waals surface area contributed by atoms with Crippen molar-refractivity contribution in [2.75, 3.05) is 13.7 Å². The van der Waals surface area contributed by atoms with Crippen LogP contribution in [0, 0.1) is 12.7 Å². The Morgan fingerprint density at radius 3 is 2.85 bits per heavy atom. The fraction of sp³-hybridized carbons (Fsp3) is 0.412. The van der Waals surface area contributed by atoms with Crippen LogP contribution in [-0.4, -0.2) is 46.9 Å². The van der Waals surface area contributed by atoms with Crippen LogP contribution in [0.1, 0.15) is 24.3 Å². The zero-order valence-corrected chi connectivity index (χ0v) is 14.5. The van der Waals surface area contributed by atoms with Crippen LogP contribution in [0.4, 0.5) is 4.39 Å². The van der Waals surface area contributed by atoms with Crippen molar-refractivity contribution in [2.45, 2.75) is 32.2 Å². The Hall–Kier alpha value is -2.81. The summed E-state index contributed by atoms with van der Waals surface area (Å²) in [6, 6.07) is 3.58. The number of ether oxygens (including phenoxy) is 1. The van der Waals surface area contributed by atoms with Crippen molar-refractivity contribution in [1.29, 1.82) is 0 Å². The molecule has 1 unspecified atom stereocenters. The maximum atomic E-state index is 13.6. The third-order valence-corrected chi connectivity index (χ3v) is 3.71. The molecular weight excluding hydrogens is 345 g/mol. The first-order chi connectivity index (χ1) is 12.4. The van der Waals surface area contributed by atoms with Crippen molar-refractivity contribution in [2.24, 2.45) is 0 Å². The fourth-order valence-electron chi connectivity index (χ4n) is 2.19. The molecule has 0 saturated carbocycles. The summed E-state index contributed by atoms with van der Waals surface area (Å²) >= 11 is 0. The van der Waals surface area contributed by atoms with E-state index in [9.17, 15) is 14.0 Å². The van der Waals surface area contributed by atoms with E-state index in [1.54, 1.807) is 19.1 Å². The number of carbonyl (C=O) groups is 2. The van der Waals surface area contributed by atoms with E-state index in [0.717, 1.165) is 0 Å². The predicted octanol–water partition coefficient (Wildman–Crippen LogP) is 1.72. The van der Waals surface area contributed by atoms with E-state index in [0.29, 0.717) is 11.1 Å². The predicted molar refractivity (Wildman–Crippen MR) is 88.8 cm³/mol. The highest BCUT2D eigenvalue weighted by atomic mass is 19.1. The average molecular weight is 365 g/mol. The van der Waals surface area contributed by atoms with Crippen LogP contribution in [0.2, 0.25) is 0 Å². The molecule has 0 aliphatic heterocycles. The summed E-state index contributed by atoms with van der Waals surface area (Å²) < 4.78 is 23.5. The molecule has 1 aromatic carbocycles. The molecule has 0 aliphatic rings. The zero-order valence-electron chi connectivity index (χ0n) is 14.5. The zero-order chi connectivity index (χ0) is 19.1. The van der Waals surface area contributed by atoms with Gasteiger partial charge >= 0.3 is 5.97 Å². The third kappa shape index (κ3) is 5.35. The van der Waals surface area contributed by atoms with Crippen LogP contribution in [-0.2, 0) is 20.7 Å². The molecule has 2 N–H and O–H groups in total. The smallest absolute Gasteiger partial charge is 0.326 e. The molecule has 9 heteroatoms. The molecule has 0 aliphatic carbocycles. The highest BCUT2D eigenvalue weighted by molar-refractivity contribution is 5.83. The lowest BCUT2D eigenvalue weighted by molar-refractivity contribution is -0.142. The molecule has 0 fully saturated rings. The Morgan fingerprint density at radius 1 is 1.42 bits per heavy atom. The van der Waals surface area contributed by atoms with Gasteiger partial charge in [0.15, 0.2) is 0 Å². The van der Waals surface area contributed by atoms with Gasteiger partial charge in [-0.15, -0.1) is 0 Å². The van der Waals surface area contributed by atoms with Crippen LogP contribution in [0.25, 0.3) is 11.4 Å². The van der Waals surface area contributed by atoms with Crippen molar-refractivity contribution in [1.82, 2.24) is 15.5 Å². The molecular formula is C17H20FN3O5. The van der Waals surface area contributed by atoms with Gasteiger partial charge in [0.2, 0.25) is 17.6 Å². The van der Waals surface area contributed by atoms with Crippen molar-refractivity contribution in [3.05, 3.63) is 35.5 Å². The number of nitrogens with one attached hydrogen (secondary N) is 1. The molecule has 26 heavy (non-hydrogen) atoms. The first-order valence-electron chi connectivity index (χ1n) is 8.01. The molecule has 2 aromatic rings. The van der Waals surface area contributed by atoms with Crippen LogP contribution in [0.5, 0.6) is 0 Å². The van der Waals surface area contributed by atoms with Crippen molar-refractivity contribution < 1.29 is 28.3 Å². The minimum Gasteiger partial charge on any atom is -0.480 e. The van der Waals surface area contributed by atoms with Crippen LogP contribution in [0.3, 0.4) is 0 Å². The molecule has 0 radical (unpaired) electrons. The molecule has 2 rings (SSSR count). The molecule has 1 aromatic heterocycles. The van der Waals surface area contributed by atoms with Gasteiger partial charge in [0, 0.05) is 38.5 Å². The molecule has 140 valence electrons. The minimum atomic E-state index is -1.13. The number of nitrogens with zero attached hydrogens (tertiary/aromatic N) is 2. The summed E-state index contributed by atoms with van der Waals surface area (Å²) in [5, 5.41) is 15.2. The van der Waals surface area contributed by atoms with Gasteiger partial charge in [-0.25, -0.2) is 9.18 Å². The first-order valence-corrected chi connectivity index (χ1v) is 8.01. The monoisotopic (exact) mass is 365 g/mol. The summed E-state index contributed by atoms with van der Waals surface area (Å²) in [6.45, 7) is 1.87. The number of methoxy groups -OCH3 is 1. The Bertz CT molecular complexity index is 778. The highest BCUT2D eigenvalue weighted by Crippen LogP contribution is 2.19. The summed E-state index contributed by atoms with van der Waals surface area (Å²) in [4.78, 5) is 27.1. The second-order valence-electron chi connectivity index (χ2n) is 5.72. The molecule has 1 amide bonds. The quantitative estimate of drug-likeness (QED) is 0.695. The summed E-state index contributed by atoms with van der Waals surface area (Å²) in [5.74, 6) is -1.52. The van der Waals surface area contributed by atoms with Crippen LogP contribution in [0.15, 0.2) is 22.7 Å². The van der Waals surface area contributed by atoms with Crippen molar-refractivity contribution in [3.63, 3.8) is 0 Å². The largest absolute Gasteiger partial charge is 0.480 e. The number of benzene rings is 1. The number of carboxylic acids is 1. The summed E-state index contributed by atoms with van der Waals surface area (Å²) in [7, 11) is 1.45. The van der Waals surface area contributed by atoms with E-state index in [2.05, 4.69) is 15.5 Å². The summed E-state index contributed by atoms with van der Waals surface area (Å²) in [6.07, 6.45) is 0.297. The van der Waals surface area contributed by atoms with Crippen molar-refractivity contribution >= 4 is 11.9 Å². The lowest BCUT2D eigenvalue weighted by Gasteiger charge is -2.13. The fourth-order valence-corrected chi connectivity index (χ4v) is 2.19. The summed E-state index contributed by atoms with van der Waals surface area (Å²) in [5.41, 5.74) is 0.980. The van der Waals surface area contributed by atoms with Gasteiger partial charge < -0.3 is 19.7 Å². The molecule has 0 saturated heterocycles. The second-order valence-corrected chi connectivity index (χ2v) is 5.72. The Kier molecular flexibility index (Phi) is 6.79. The number of aliphatic carboxylic acids is 1. The topological polar surface area (TPSA) is 115 Å². The number of hydrogen-bond acceptors (Lipinski definition) is 6. The molecule has 1 atom stereocenters. The number of rotatable bonds is 9. The van der Waals surface area contributed by atoms with E-state index in [-0.39, 0.29) is 43.4 Å². The Balaban J connectivity index is 1.91. The van der Waals surface area contributed by atoms with Gasteiger partial charge in [-0.3, -0.25) is 4.79 Å². The van der Waals surface area contributed by atoms with Crippen molar-refractivity contribution in [3.8, 4) is 11.4 Å². The maximum Gasteiger partial charge on any atom is 0.326 e. The van der Waals surface area contributed by atoms with E-state index in [1.165, 1.54) is 13.2 Å². The average Bonchev–Trinajstić information content (AvgIpc) is 3.08. The maximum absolute atomic E-state index is 13.6. The van der Waals surface area contributed by atoms with E-state index >= 15 is 0 Å². The van der Waals surface area contributed by atoms with Crippen LogP contribution >= 0.6 is 0 Å². The molecule has 0 spiro atoms. The number of amides is 1. The highest BCUT2D eigenvalue weighted by Gasteiger charge is 2.20. The Labute approximate surface area is 149 Å². The number of aromatic nitrogens is 2. The van der Waals surface area contributed by atoms with E-state index < -0.39 is 17.9 Å². The van der Waals surface area contributed by atoms with Gasteiger partial charge in [-0.1, -0.05) is 17.3 Å². The van der Waals surface area contributed by atoms with Gasteiger partial charge in [0.25, 0.3) is 0 Å². The lowest BCUT2D eigenvalue weighted by atomic mass is 10.1. The molecule has 8 nitrogen and oxygen atoms in total. The SMILES string of the molecule is COCCC(NC(=O)CCc1nc(-c2ccc(C)c(F)c2)no1)C(=O)O. The number of halogens is 1. The normalized spacial score (nSPS) is 12.0. The number of carbonyl (C=O) groups excluding carboxylic acids is 1.